The molecule has 0 spiro atoms. The lowest BCUT2D eigenvalue weighted by Crippen LogP contribution is -2.30. The van der Waals surface area contributed by atoms with Crippen molar-refractivity contribution >= 4 is 17.9 Å². The molecule has 0 aromatic carbocycles. The van der Waals surface area contributed by atoms with Crippen molar-refractivity contribution in [1.82, 2.24) is 0 Å². The fourth-order valence-corrected chi connectivity index (χ4v) is 9.90. The quantitative estimate of drug-likeness (QED) is 0.0343. The van der Waals surface area contributed by atoms with Crippen molar-refractivity contribution in [2.45, 2.75) is 368 Å². The van der Waals surface area contributed by atoms with Crippen LogP contribution in [0.3, 0.4) is 0 Å². The van der Waals surface area contributed by atoms with Gasteiger partial charge >= 0.3 is 17.9 Å². The first kappa shape index (κ1) is 68.4. The van der Waals surface area contributed by atoms with E-state index in [9.17, 15) is 14.4 Å². The Bertz CT molecular complexity index is 1070. The summed E-state index contributed by atoms with van der Waals surface area (Å²) < 4.78 is 17.0. The van der Waals surface area contributed by atoms with Crippen LogP contribution in [0.4, 0.5) is 0 Å². The van der Waals surface area contributed by atoms with Crippen LogP contribution < -0.4 is 0 Å². The van der Waals surface area contributed by atoms with E-state index >= 15 is 0 Å². The summed E-state index contributed by atoms with van der Waals surface area (Å²) in [5.74, 6) is 0.914. The van der Waals surface area contributed by atoms with Crippen molar-refractivity contribution in [3.05, 3.63) is 0 Å². The number of hydrogen-bond donors (Lipinski definition) is 0. The second kappa shape index (κ2) is 56.7. The van der Waals surface area contributed by atoms with E-state index in [1.54, 1.807) is 0 Å². The molecule has 0 saturated heterocycles. The van der Waals surface area contributed by atoms with E-state index < -0.39 is 6.10 Å². The summed E-state index contributed by atoms with van der Waals surface area (Å²) in [6, 6.07) is 0. The highest BCUT2D eigenvalue weighted by Crippen LogP contribution is 2.19. The van der Waals surface area contributed by atoms with E-state index in [4.69, 9.17) is 14.2 Å². The van der Waals surface area contributed by atoms with Crippen LogP contribution in [0, 0.1) is 11.8 Å². The predicted octanol–water partition coefficient (Wildman–Crippen LogP) is 21.2. The molecule has 6 heteroatoms. The Hall–Kier alpha value is -1.59. The van der Waals surface area contributed by atoms with Gasteiger partial charge in [0.15, 0.2) is 6.10 Å². The molecular weight excluding hydrogens is 865 g/mol. The van der Waals surface area contributed by atoms with Crippen molar-refractivity contribution in [2.75, 3.05) is 13.2 Å². The van der Waals surface area contributed by atoms with Gasteiger partial charge in [-0.3, -0.25) is 14.4 Å². The molecule has 0 heterocycles. The summed E-state index contributed by atoms with van der Waals surface area (Å²) in [7, 11) is 0. The molecule has 70 heavy (non-hydrogen) atoms. The van der Waals surface area contributed by atoms with Gasteiger partial charge < -0.3 is 14.2 Å². The molecule has 0 saturated carbocycles. The SMILES string of the molecule is CCCCCCCCCCCCCCCCCCC(=O)O[C@@H](COC(=O)CCCCCCCCCCCCCCCCCC(C)C)COC(=O)CCCCCCCCCCCCCCCCC(C)CC. The average molecular weight is 990 g/mol. The summed E-state index contributed by atoms with van der Waals surface area (Å²) in [5, 5.41) is 0. The largest absolute Gasteiger partial charge is 0.462 e. The predicted molar refractivity (Wildman–Crippen MR) is 303 cm³/mol. The summed E-state index contributed by atoms with van der Waals surface area (Å²) in [6.07, 6.45) is 62.3. The minimum atomic E-state index is -0.763. The van der Waals surface area contributed by atoms with Gasteiger partial charge in [0.05, 0.1) is 0 Å². The Morgan fingerprint density at radius 3 is 0.814 bits per heavy atom. The average Bonchev–Trinajstić information content (AvgIpc) is 3.35. The van der Waals surface area contributed by atoms with Crippen LogP contribution in [0.5, 0.6) is 0 Å². The molecule has 2 atom stereocenters. The third-order valence-corrected chi connectivity index (χ3v) is 15.1. The van der Waals surface area contributed by atoms with Gasteiger partial charge in [-0.25, -0.2) is 0 Å². The Kier molecular flexibility index (Phi) is 55.4. The third kappa shape index (κ3) is 55.7. The zero-order valence-electron chi connectivity index (χ0n) is 48.2. The van der Waals surface area contributed by atoms with E-state index in [0.29, 0.717) is 19.3 Å². The molecule has 0 rings (SSSR count). The third-order valence-electron chi connectivity index (χ3n) is 15.1. The van der Waals surface area contributed by atoms with E-state index in [2.05, 4.69) is 34.6 Å². The van der Waals surface area contributed by atoms with E-state index in [1.165, 1.54) is 250 Å². The Balaban J connectivity index is 4.29. The number of carbonyl (C=O) groups excluding carboxylic acids is 3. The van der Waals surface area contributed by atoms with Crippen LogP contribution in [-0.4, -0.2) is 37.2 Å². The van der Waals surface area contributed by atoms with Crippen LogP contribution >= 0.6 is 0 Å². The maximum atomic E-state index is 12.9. The monoisotopic (exact) mass is 989 g/mol. The first-order valence-corrected chi connectivity index (χ1v) is 31.8. The molecule has 416 valence electrons. The van der Waals surface area contributed by atoms with Gasteiger partial charge in [-0.1, -0.05) is 324 Å². The zero-order valence-corrected chi connectivity index (χ0v) is 48.2. The van der Waals surface area contributed by atoms with Gasteiger partial charge in [0.2, 0.25) is 0 Å². The molecule has 0 aromatic heterocycles. The Morgan fingerprint density at radius 2 is 0.543 bits per heavy atom. The highest BCUT2D eigenvalue weighted by molar-refractivity contribution is 5.71. The second-order valence-electron chi connectivity index (χ2n) is 22.8. The lowest BCUT2D eigenvalue weighted by molar-refractivity contribution is -0.167. The fourth-order valence-electron chi connectivity index (χ4n) is 9.90. The highest BCUT2D eigenvalue weighted by atomic mass is 16.6. The standard InChI is InChI=1S/C64H124O6/c1-6-8-9-10-11-12-13-14-15-18-26-31-36-41-46-51-56-64(67)70-61(57-68-62(65)54-49-44-39-34-29-24-19-16-17-22-27-32-37-42-47-52-59(3)4)58-69-63(66)55-50-45-40-35-30-25-21-20-23-28-33-38-43-48-53-60(5)7-2/h59-61H,6-58H2,1-5H3/t60?,61-/m0/s1. The molecule has 0 aliphatic heterocycles. The molecule has 0 radical (unpaired) electrons. The van der Waals surface area contributed by atoms with Crippen molar-refractivity contribution in [2.24, 2.45) is 11.8 Å². The summed E-state index contributed by atoms with van der Waals surface area (Å²) >= 11 is 0. The number of hydrogen-bond acceptors (Lipinski definition) is 6. The van der Waals surface area contributed by atoms with E-state index in [1.807, 2.05) is 0 Å². The zero-order chi connectivity index (χ0) is 51.1. The fraction of sp³-hybridized carbons (Fsp3) is 0.953. The van der Waals surface area contributed by atoms with Crippen molar-refractivity contribution < 1.29 is 28.6 Å². The van der Waals surface area contributed by atoms with Crippen LogP contribution in [0.1, 0.15) is 362 Å². The number of unbranched alkanes of at least 4 members (excludes halogenated alkanes) is 42. The van der Waals surface area contributed by atoms with Crippen LogP contribution in [0.15, 0.2) is 0 Å². The number of ether oxygens (including phenoxy) is 3. The van der Waals surface area contributed by atoms with Gasteiger partial charge in [-0.2, -0.15) is 0 Å². The summed E-state index contributed by atoms with van der Waals surface area (Å²) in [4.78, 5) is 38.3. The second-order valence-corrected chi connectivity index (χ2v) is 22.8. The van der Waals surface area contributed by atoms with Crippen LogP contribution in [0.25, 0.3) is 0 Å². The molecule has 0 amide bonds. The number of carbonyl (C=O) groups is 3. The molecule has 0 fully saturated rings. The molecule has 0 bridgehead atoms. The van der Waals surface area contributed by atoms with Gasteiger partial charge in [-0.15, -0.1) is 0 Å². The van der Waals surface area contributed by atoms with Gasteiger partial charge in [0.25, 0.3) is 0 Å². The summed E-state index contributed by atoms with van der Waals surface area (Å²) in [5.41, 5.74) is 0. The van der Waals surface area contributed by atoms with Crippen molar-refractivity contribution in [3.63, 3.8) is 0 Å². The molecule has 1 unspecified atom stereocenters. The maximum Gasteiger partial charge on any atom is 0.306 e. The van der Waals surface area contributed by atoms with E-state index in [0.717, 1.165) is 69.6 Å². The minimum absolute atomic E-state index is 0.0619. The first-order valence-electron chi connectivity index (χ1n) is 31.8. The Morgan fingerprint density at radius 1 is 0.300 bits per heavy atom. The van der Waals surface area contributed by atoms with Crippen LogP contribution in [0.2, 0.25) is 0 Å². The number of rotatable bonds is 58. The van der Waals surface area contributed by atoms with Crippen molar-refractivity contribution in [3.8, 4) is 0 Å². The first-order chi connectivity index (χ1) is 34.3. The molecule has 0 aliphatic carbocycles. The molecule has 0 aliphatic rings. The maximum absolute atomic E-state index is 12.9. The molecular formula is C64H124O6. The Labute approximate surface area is 438 Å². The minimum Gasteiger partial charge on any atom is -0.462 e. The van der Waals surface area contributed by atoms with Gasteiger partial charge in [0, 0.05) is 19.3 Å². The lowest BCUT2D eigenvalue weighted by Gasteiger charge is -2.18. The normalized spacial score (nSPS) is 12.4. The molecule has 0 N–H and O–H groups in total. The number of esters is 3. The molecule has 6 nitrogen and oxygen atoms in total. The van der Waals surface area contributed by atoms with Crippen molar-refractivity contribution in [1.29, 1.82) is 0 Å². The van der Waals surface area contributed by atoms with Gasteiger partial charge in [-0.05, 0) is 31.1 Å². The van der Waals surface area contributed by atoms with Crippen LogP contribution in [-0.2, 0) is 28.6 Å². The molecule has 0 aromatic rings. The van der Waals surface area contributed by atoms with Gasteiger partial charge in [0.1, 0.15) is 13.2 Å². The lowest BCUT2D eigenvalue weighted by atomic mass is 9.99. The highest BCUT2D eigenvalue weighted by Gasteiger charge is 2.19. The summed E-state index contributed by atoms with van der Waals surface area (Å²) in [6.45, 7) is 11.5. The topological polar surface area (TPSA) is 78.9 Å². The van der Waals surface area contributed by atoms with E-state index in [-0.39, 0.29) is 31.1 Å². The smallest absolute Gasteiger partial charge is 0.306 e.